The molecule has 2 aromatic rings. The van der Waals surface area contributed by atoms with Gasteiger partial charge in [0.25, 0.3) is 0 Å². The summed E-state index contributed by atoms with van der Waals surface area (Å²) in [6.45, 7) is 0.181. The number of rotatable bonds is 8. The van der Waals surface area contributed by atoms with E-state index in [4.69, 9.17) is 24.6 Å². The number of nitrogens with zero attached hydrogens (tertiary/aromatic N) is 2. The van der Waals surface area contributed by atoms with Crippen LogP contribution >= 0.6 is 0 Å². The quantitative estimate of drug-likeness (QED) is 0.292. The third kappa shape index (κ3) is 6.41. The second-order valence-electron chi connectivity index (χ2n) is 5.11. The van der Waals surface area contributed by atoms with Crippen LogP contribution in [0.4, 0.5) is 0 Å². The van der Waals surface area contributed by atoms with Gasteiger partial charge >= 0.3 is 17.9 Å². The van der Waals surface area contributed by atoms with Crippen LogP contribution in [0.2, 0.25) is 0 Å². The maximum absolute atomic E-state index is 12.1. The molecular formula is C17H16N2O9. The zero-order valence-electron chi connectivity index (χ0n) is 14.6. The van der Waals surface area contributed by atoms with Crippen LogP contribution in [0.15, 0.2) is 42.5 Å². The van der Waals surface area contributed by atoms with Gasteiger partial charge in [-0.3, -0.25) is 15.2 Å². The Labute approximate surface area is 158 Å². The zero-order valence-corrected chi connectivity index (χ0v) is 14.6. The van der Waals surface area contributed by atoms with Gasteiger partial charge in [-0.15, -0.1) is 0 Å². The molecule has 2 N–H and O–H groups in total. The first-order chi connectivity index (χ1) is 13.4. The molecule has 148 valence electrons. The van der Waals surface area contributed by atoms with E-state index in [0.29, 0.717) is 0 Å². The SMILES string of the molecule is CC(=O)Oc1ccccc1C(=O)OCOC(=O)c1cccc(CON(O)O)n1. The molecule has 0 saturated heterocycles. The molecule has 0 aliphatic heterocycles. The van der Waals surface area contributed by atoms with Gasteiger partial charge in [-0.05, 0) is 24.3 Å². The second kappa shape index (κ2) is 10.1. The molecule has 28 heavy (non-hydrogen) atoms. The summed E-state index contributed by atoms with van der Waals surface area (Å²) in [7, 11) is 0. The van der Waals surface area contributed by atoms with Crippen LogP contribution < -0.4 is 4.74 Å². The molecule has 0 atom stereocenters. The van der Waals surface area contributed by atoms with Gasteiger partial charge in [0, 0.05) is 6.92 Å². The van der Waals surface area contributed by atoms with Crippen molar-refractivity contribution in [2.75, 3.05) is 6.79 Å². The first-order valence-corrected chi connectivity index (χ1v) is 7.75. The molecule has 11 nitrogen and oxygen atoms in total. The van der Waals surface area contributed by atoms with Crippen molar-refractivity contribution in [1.82, 2.24) is 10.4 Å². The van der Waals surface area contributed by atoms with Gasteiger partial charge in [0.15, 0.2) is 0 Å². The lowest BCUT2D eigenvalue weighted by Gasteiger charge is -2.10. The summed E-state index contributed by atoms with van der Waals surface area (Å²) in [5, 5.41) is 16.5. The Balaban J connectivity index is 1.91. The Bertz CT molecular complexity index is 854. The molecule has 0 spiro atoms. The molecule has 0 amide bonds. The van der Waals surface area contributed by atoms with Crippen LogP contribution in [0.1, 0.15) is 33.5 Å². The Morgan fingerprint density at radius 1 is 1.00 bits per heavy atom. The van der Waals surface area contributed by atoms with E-state index >= 15 is 0 Å². The topological polar surface area (TPSA) is 145 Å². The van der Waals surface area contributed by atoms with Crippen molar-refractivity contribution in [2.45, 2.75) is 13.5 Å². The van der Waals surface area contributed by atoms with E-state index in [-0.39, 0.29) is 29.3 Å². The van der Waals surface area contributed by atoms with Gasteiger partial charge in [-0.2, -0.15) is 0 Å². The van der Waals surface area contributed by atoms with Gasteiger partial charge < -0.3 is 14.2 Å². The Morgan fingerprint density at radius 2 is 1.71 bits per heavy atom. The summed E-state index contributed by atoms with van der Waals surface area (Å²) in [6, 6.07) is 10.2. The van der Waals surface area contributed by atoms with E-state index in [9.17, 15) is 14.4 Å². The molecule has 0 aliphatic carbocycles. The molecule has 0 unspecified atom stereocenters. The summed E-state index contributed by atoms with van der Waals surface area (Å²) >= 11 is 0. The predicted molar refractivity (Wildman–Crippen MR) is 87.9 cm³/mol. The van der Waals surface area contributed by atoms with Gasteiger partial charge in [0.2, 0.25) is 6.79 Å². The number of pyridine rings is 1. The fourth-order valence-corrected chi connectivity index (χ4v) is 1.96. The second-order valence-corrected chi connectivity index (χ2v) is 5.11. The van der Waals surface area contributed by atoms with Crippen molar-refractivity contribution < 1.29 is 43.8 Å². The first kappa shape index (κ1) is 20.9. The maximum atomic E-state index is 12.1. The Kier molecular flexibility index (Phi) is 7.54. The number of benzene rings is 1. The molecule has 0 bridgehead atoms. The Hall–Kier alpha value is -3.38. The van der Waals surface area contributed by atoms with E-state index in [2.05, 4.69) is 9.82 Å². The standard InChI is InChI=1S/C17H16N2O9/c1-11(20)28-15-8-3-2-6-13(15)16(21)25-10-26-17(22)14-7-4-5-12(18-14)9-27-19(23)24/h2-8,23-24H,9-10H2,1H3. The van der Waals surface area contributed by atoms with E-state index < -0.39 is 30.1 Å². The molecule has 1 heterocycles. The summed E-state index contributed by atoms with van der Waals surface area (Å²) in [4.78, 5) is 43.4. The molecule has 0 aliphatic rings. The summed E-state index contributed by atoms with van der Waals surface area (Å²) < 4.78 is 14.6. The molecule has 2 rings (SSSR count). The van der Waals surface area contributed by atoms with Gasteiger partial charge in [-0.25, -0.2) is 19.4 Å². The Morgan fingerprint density at radius 3 is 2.43 bits per heavy atom. The fourth-order valence-electron chi connectivity index (χ4n) is 1.96. The van der Waals surface area contributed by atoms with Crippen LogP contribution in [0, 0.1) is 0 Å². The maximum Gasteiger partial charge on any atom is 0.359 e. The number of carbonyl (C=O) groups excluding carboxylic acids is 3. The molecular weight excluding hydrogens is 376 g/mol. The number of ether oxygens (including phenoxy) is 3. The van der Waals surface area contributed by atoms with E-state index in [1.807, 2.05) is 0 Å². The van der Waals surface area contributed by atoms with Crippen molar-refractivity contribution in [1.29, 1.82) is 0 Å². The number of hydrogen-bond donors (Lipinski definition) is 2. The van der Waals surface area contributed by atoms with Gasteiger partial charge in [-0.1, -0.05) is 18.2 Å². The predicted octanol–water partition coefficient (Wildman–Crippen LogP) is 1.49. The number of para-hydroxylation sites is 1. The molecule has 0 saturated carbocycles. The lowest BCUT2D eigenvalue weighted by atomic mass is 10.2. The number of esters is 3. The first-order valence-electron chi connectivity index (χ1n) is 7.75. The van der Waals surface area contributed by atoms with E-state index in [1.165, 1.54) is 37.3 Å². The van der Waals surface area contributed by atoms with Crippen LogP contribution in [-0.2, 0) is 25.7 Å². The smallest absolute Gasteiger partial charge is 0.359 e. The van der Waals surface area contributed by atoms with Gasteiger partial charge in [0.1, 0.15) is 23.6 Å². The van der Waals surface area contributed by atoms with Crippen LogP contribution in [0.3, 0.4) is 0 Å². The highest BCUT2D eigenvalue weighted by Gasteiger charge is 2.16. The number of aromatic nitrogens is 1. The average molecular weight is 392 g/mol. The minimum absolute atomic E-state index is 0.0106. The molecule has 0 fully saturated rings. The third-order valence-corrected chi connectivity index (χ3v) is 3.08. The number of hydrogen-bond acceptors (Lipinski definition) is 11. The zero-order chi connectivity index (χ0) is 20.5. The van der Waals surface area contributed by atoms with Crippen molar-refractivity contribution in [2.24, 2.45) is 0 Å². The lowest BCUT2D eigenvalue weighted by Crippen LogP contribution is -2.17. The summed E-state index contributed by atoms with van der Waals surface area (Å²) in [5.74, 6) is -2.33. The average Bonchev–Trinajstić information content (AvgIpc) is 2.66. The fraction of sp³-hybridized carbons (Fsp3) is 0.176. The van der Waals surface area contributed by atoms with E-state index in [1.54, 1.807) is 12.1 Å². The van der Waals surface area contributed by atoms with Crippen molar-refractivity contribution in [3.8, 4) is 5.75 Å². The molecule has 1 aromatic carbocycles. The van der Waals surface area contributed by atoms with Crippen molar-refractivity contribution in [3.63, 3.8) is 0 Å². The van der Waals surface area contributed by atoms with Crippen molar-refractivity contribution in [3.05, 3.63) is 59.4 Å². The minimum Gasteiger partial charge on any atom is -0.426 e. The monoisotopic (exact) mass is 392 g/mol. The summed E-state index contributed by atoms with van der Waals surface area (Å²) in [5.41, 5.74) is 0.0957. The molecule has 0 radical (unpaired) electrons. The molecule has 1 aromatic heterocycles. The minimum atomic E-state index is -0.882. The number of carbonyl (C=O) groups is 3. The molecule has 11 heteroatoms. The van der Waals surface area contributed by atoms with Crippen LogP contribution in [0.5, 0.6) is 5.75 Å². The summed E-state index contributed by atoms with van der Waals surface area (Å²) in [6.07, 6.45) is 0. The van der Waals surface area contributed by atoms with Crippen molar-refractivity contribution >= 4 is 17.9 Å². The van der Waals surface area contributed by atoms with Crippen LogP contribution in [-0.4, -0.2) is 45.5 Å². The normalized spacial score (nSPS) is 10.4. The third-order valence-electron chi connectivity index (χ3n) is 3.08. The lowest BCUT2D eigenvalue weighted by molar-refractivity contribution is -0.497. The largest absolute Gasteiger partial charge is 0.426 e. The highest BCUT2D eigenvalue weighted by molar-refractivity contribution is 5.93. The van der Waals surface area contributed by atoms with E-state index in [0.717, 1.165) is 0 Å². The van der Waals surface area contributed by atoms with Gasteiger partial charge in [0.05, 0.1) is 11.1 Å². The highest BCUT2D eigenvalue weighted by Crippen LogP contribution is 2.19. The van der Waals surface area contributed by atoms with Crippen LogP contribution in [0.25, 0.3) is 0 Å². The highest BCUT2D eigenvalue weighted by atomic mass is 17.1.